The van der Waals surface area contributed by atoms with Crippen molar-refractivity contribution < 1.29 is 0 Å². The Bertz CT molecular complexity index is 682. The van der Waals surface area contributed by atoms with Gasteiger partial charge in [0.2, 0.25) is 0 Å². The monoisotopic (exact) mass is 339 g/mol. The molecule has 25 heavy (non-hydrogen) atoms. The highest BCUT2D eigenvalue weighted by molar-refractivity contribution is 5.80. The summed E-state index contributed by atoms with van der Waals surface area (Å²) in [6, 6.07) is 10.5. The third-order valence-electron chi connectivity index (χ3n) is 4.83. The van der Waals surface area contributed by atoms with Crippen molar-refractivity contribution in [3.05, 3.63) is 53.9 Å². The van der Waals surface area contributed by atoms with Crippen molar-refractivity contribution in [3.63, 3.8) is 0 Å². The quantitative estimate of drug-likeness (QED) is 0.688. The summed E-state index contributed by atoms with van der Waals surface area (Å²) >= 11 is 0. The number of nitrogens with zero attached hydrogens (tertiary/aromatic N) is 4. The second kappa shape index (κ2) is 8.19. The maximum absolute atomic E-state index is 4.51. The van der Waals surface area contributed by atoms with E-state index in [4.69, 9.17) is 0 Å². The van der Waals surface area contributed by atoms with Crippen LogP contribution in [-0.2, 0) is 13.1 Å². The number of aliphatic imine (C=N–C) groups is 1. The number of hydrogen-bond acceptors (Lipinski definition) is 2. The minimum absolute atomic E-state index is 0.717. The van der Waals surface area contributed by atoms with Gasteiger partial charge in [-0.15, -0.1) is 0 Å². The molecule has 1 aromatic carbocycles. The van der Waals surface area contributed by atoms with Crippen molar-refractivity contribution in [1.29, 1.82) is 0 Å². The van der Waals surface area contributed by atoms with Crippen LogP contribution in [0.5, 0.6) is 0 Å². The van der Waals surface area contributed by atoms with Gasteiger partial charge in [-0.1, -0.05) is 38.1 Å². The Hall–Kier alpha value is -2.30. The van der Waals surface area contributed by atoms with Crippen molar-refractivity contribution >= 4 is 5.96 Å². The molecule has 1 aliphatic rings. The summed E-state index contributed by atoms with van der Waals surface area (Å²) in [6.07, 6.45) is 5.13. The van der Waals surface area contributed by atoms with Crippen molar-refractivity contribution in [2.24, 2.45) is 16.8 Å². The first-order chi connectivity index (χ1) is 12.2. The zero-order valence-electron chi connectivity index (χ0n) is 15.5. The van der Waals surface area contributed by atoms with E-state index in [9.17, 15) is 0 Å². The van der Waals surface area contributed by atoms with Gasteiger partial charge in [-0.25, -0.2) is 0 Å². The zero-order valence-corrected chi connectivity index (χ0v) is 15.5. The highest BCUT2D eigenvalue weighted by Gasteiger charge is 2.23. The van der Waals surface area contributed by atoms with E-state index in [0.29, 0.717) is 0 Å². The Morgan fingerprint density at radius 2 is 1.88 bits per heavy atom. The maximum Gasteiger partial charge on any atom is 0.193 e. The molecule has 1 aliphatic heterocycles. The molecule has 0 radical (unpaired) electrons. The van der Waals surface area contributed by atoms with Crippen LogP contribution < -0.4 is 5.32 Å². The molecule has 0 saturated carbocycles. The average Bonchev–Trinajstić information content (AvgIpc) is 3.09. The Kier molecular flexibility index (Phi) is 5.74. The molecule has 0 amide bonds. The summed E-state index contributed by atoms with van der Waals surface area (Å²) in [7, 11) is 1.88. The number of nitrogens with one attached hydrogen (secondary N) is 1. The molecule has 1 fully saturated rings. The molecule has 1 saturated heterocycles. The van der Waals surface area contributed by atoms with Gasteiger partial charge in [-0.05, 0) is 35.4 Å². The van der Waals surface area contributed by atoms with E-state index in [1.54, 1.807) is 0 Å². The van der Waals surface area contributed by atoms with Gasteiger partial charge >= 0.3 is 0 Å². The normalized spacial score (nSPS) is 21.4. The molecule has 5 heteroatoms. The second-order valence-electron chi connectivity index (χ2n) is 7.22. The molecule has 0 aliphatic carbocycles. The Morgan fingerprint density at radius 1 is 1.16 bits per heavy atom. The van der Waals surface area contributed by atoms with Crippen LogP contribution in [-0.4, -0.2) is 40.8 Å². The van der Waals surface area contributed by atoms with Gasteiger partial charge in [0.25, 0.3) is 0 Å². The number of likely N-dealkylation sites (tertiary alicyclic amines) is 1. The van der Waals surface area contributed by atoms with Gasteiger partial charge in [0.15, 0.2) is 5.96 Å². The average molecular weight is 339 g/mol. The van der Waals surface area contributed by atoms with Crippen molar-refractivity contribution in [3.8, 4) is 0 Å². The third kappa shape index (κ3) is 4.62. The van der Waals surface area contributed by atoms with E-state index in [1.165, 1.54) is 17.5 Å². The summed E-state index contributed by atoms with van der Waals surface area (Å²) in [5, 5.41) is 7.88. The van der Waals surface area contributed by atoms with Gasteiger partial charge < -0.3 is 10.2 Å². The van der Waals surface area contributed by atoms with Gasteiger partial charge in [0.1, 0.15) is 0 Å². The van der Waals surface area contributed by atoms with Gasteiger partial charge in [-0.3, -0.25) is 9.67 Å². The topological polar surface area (TPSA) is 45.5 Å². The molecule has 2 heterocycles. The molecule has 134 valence electrons. The Balaban J connectivity index is 1.66. The molecular formula is C20H29N5. The standard InChI is InChI=1S/C20H29N5/c1-16-11-17(2)14-24(13-16)20(21-3)22-12-18-7-4-5-8-19(18)15-25-10-6-9-23-25/h4-10,16-17H,11-15H2,1-3H3,(H,21,22). The van der Waals surface area contributed by atoms with E-state index in [1.807, 2.05) is 30.2 Å². The molecular weight excluding hydrogens is 310 g/mol. The van der Waals surface area contributed by atoms with E-state index in [2.05, 4.69) is 58.4 Å². The Morgan fingerprint density at radius 3 is 2.52 bits per heavy atom. The van der Waals surface area contributed by atoms with Crippen molar-refractivity contribution in [2.75, 3.05) is 20.1 Å². The van der Waals surface area contributed by atoms with Gasteiger partial charge in [0.05, 0.1) is 6.54 Å². The maximum atomic E-state index is 4.51. The van der Waals surface area contributed by atoms with Gasteiger partial charge in [-0.2, -0.15) is 5.10 Å². The number of benzene rings is 1. The number of guanidine groups is 1. The second-order valence-corrected chi connectivity index (χ2v) is 7.22. The lowest BCUT2D eigenvalue weighted by Crippen LogP contribution is -2.48. The molecule has 1 N–H and O–H groups in total. The molecule has 3 rings (SSSR count). The fourth-order valence-corrected chi connectivity index (χ4v) is 3.80. The molecule has 0 bridgehead atoms. The summed E-state index contributed by atoms with van der Waals surface area (Å²) in [5.74, 6) is 2.44. The fourth-order valence-electron chi connectivity index (χ4n) is 3.80. The highest BCUT2D eigenvalue weighted by atomic mass is 15.3. The first kappa shape index (κ1) is 17.5. The number of hydrogen-bond donors (Lipinski definition) is 1. The predicted octanol–water partition coefficient (Wildman–Crippen LogP) is 2.98. The SMILES string of the molecule is CN=C(NCc1ccccc1Cn1cccn1)N1CC(C)CC(C)C1. The van der Waals surface area contributed by atoms with E-state index in [-0.39, 0.29) is 0 Å². The minimum Gasteiger partial charge on any atom is -0.352 e. The van der Waals surface area contributed by atoms with Crippen LogP contribution in [0, 0.1) is 11.8 Å². The number of piperidine rings is 1. The van der Waals surface area contributed by atoms with E-state index < -0.39 is 0 Å². The lowest BCUT2D eigenvalue weighted by atomic mass is 9.92. The first-order valence-corrected chi connectivity index (χ1v) is 9.15. The van der Waals surface area contributed by atoms with Crippen LogP contribution in [0.3, 0.4) is 0 Å². The fraction of sp³-hybridized carbons (Fsp3) is 0.500. The number of aromatic nitrogens is 2. The molecule has 5 nitrogen and oxygen atoms in total. The lowest BCUT2D eigenvalue weighted by molar-refractivity contribution is 0.208. The molecule has 2 atom stereocenters. The summed E-state index contributed by atoms with van der Waals surface area (Å²) in [6.45, 7) is 8.40. The molecule has 2 aromatic rings. The van der Waals surface area contributed by atoms with Crippen LogP contribution in [0.2, 0.25) is 0 Å². The largest absolute Gasteiger partial charge is 0.352 e. The van der Waals surface area contributed by atoms with Crippen LogP contribution >= 0.6 is 0 Å². The Labute approximate surface area is 150 Å². The van der Waals surface area contributed by atoms with Crippen LogP contribution in [0.4, 0.5) is 0 Å². The van der Waals surface area contributed by atoms with E-state index in [0.717, 1.165) is 44.0 Å². The van der Waals surface area contributed by atoms with Gasteiger partial charge in [0, 0.05) is 39.1 Å². The highest BCUT2D eigenvalue weighted by Crippen LogP contribution is 2.21. The molecule has 0 spiro atoms. The van der Waals surface area contributed by atoms with Crippen LogP contribution in [0.25, 0.3) is 0 Å². The lowest BCUT2D eigenvalue weighted by Gasteiger charge is -2.37. The molecule has 2 unspecified atom stereocenters. The van der Waals surface area contributed by atoms with Crippen LogP contribution in [0.1, 0.15) is 31.4 Å². The first-order valence-electron chi connectivity index (χ1n) is 9.15. The van der Waals surface area contributed by atoms with Crippen molar-refractivity contribution in [1.82, 2.24) is 20.0 Å². The predicted molar refractivity (Wildman–Crippen MR) is 102 cm³/mol. The van der Waals surface area contributed by atoms with Crippen molar-refractivity contribution in [2.45, 2.75) is 33.4 Å². The summed E-state index contributed by atoms with van der Waals surface area (Å²) < 4.78 is 1.96. The summed E-state index contributed by atoms with van der Waals surface area (Å²) in [4.78, 5) is 6.91. The molecule has 1 aromatic heterocycles. The smallest absolute Gasteiger partial charge is 0.193 e. The van der Waals surface area contributed by atoms with Crippen LogP contribution in [0.15, 0.2) is 47.7 Å². The number of rotatable bonds is 4. The van der Waals surface area contributed by atoms with E-state index >= 15 is 0 Å². The summed E-state index contributed by atoms with van der Waals surface area (Å²) in [5.41, 5.74) is 2.58. The zero-order chi connectivity index (χ0) is 17.6. The third-order valence-corrected chi connectivity index (χ3v) is 4.83. The minimum atomic E-state index is 0.717.